The summed E-state index contributed by atoms with van der Waals surface area (Å²) >= 11 is 11.6. The fourth-order valence-corrected chi connectivity index (χ4v) is 2.84. The number of aliphatic imine (C=N–C) groups is 1. The summed E-state index contributed by atoms with van der Waals surface area (Å²) in [6.07, 6.45) is 0. The van der Waals surface area contributed by atoms with Crippen LogP contribution in [0.2, 0.25) is 5.02 Å². The number of halogens is 1. The van der Waals surface area contributed by atoms with Crippen LogP contribution in [-0.2, 0) is 0 Å². The highest BCUT2D eigenvalue weighted by molar-refractivity contribution is 7.80. The number of thiocarbonyl (C=S) groups is 1. The largest absolute Gasteiger partial charge is 0.495 e. The highest BCUT2D eigenvalue weighted by atomic mass is 35.5. The van der Waals surface area contributed by atoms with Crippen LogP contribution in [0.25, 0.3) is 0 Å². The maximum atomic E-state index is 9.34. The van der Waals surface area contributed by atoms with Gasteiger partial charge in [-0.15, -0.1) is 0 Å². The monoisotopic (exact) mass is 341 g/mol. The summed E-state index contributed by atoms with van der Waals surface area (Å²) in [6.45, 7) is 0.356. The minimum absolute atomic E-state index is 0.356. The zero-order valence-electron chi connectivity index (χ0n) is 12.3. The molecule has 0 saturated heterocycles. The van der Waals surface area contributed by atoms with Crippen LogP contribution in [0.1, 0.15) is 16.7 Å². The minimum atomic E-state index is 0.356. The van der Waals surface area contributed by atoms with Crippen LogP contribution in [0, 0.1) is 11.3 Å². The Morgan fingerprint density at radius 1 is 1.30 bits per heavy atom. The smallest absolute Gasteiger partial charge is 0.138 e. The van der Waals surface area contributed by atoms with Gasteiger partial charge in [-0.05, 0) is 12.1 Å². The van der Waals surface area contributed by atoms with E-state index in [4.69, 9.17) is 28.6 Å². The molecule has 1 aliphatic rings. The predicted molar refractivity (Wildman–Crippen MR) is 95.9 cm³/mol. The highest BCUT2D eigenvalue weighted by Gasteiger charge is 2.21. The Hall–Kier alpha value is -2.42. The molecule has 0 unspecified atom stereocenters. The van der Waals surface area contributed by atoms with Crippen molar-refractivity contribution in [3.05, 3.63) is 58.1 Å². The molecule has 0 bridgehead atoms. The molecule has 3 rings (SSSR count). The van der Waals surface area contributed by atoms with E-state index in [0.29, 0.717) is 33.6 Å². The average Bonchev–Trinajstić information content (AvgIpc) is 2.72. The molecule has 0 aliphatic carbocycles. The number of hydrogen-bond donors (Lipinski definition) is 1. The van der Waals surface area contributed by atoms with Gasteiger partial charge in [0, 0.05) is 22.2 Å². The quantitative estimate of drug-likeness (QED) is 0.844. The van der Waals surface area contributed by atoms with Crippen LogP contribution in [0.4, 0.5) is 5.69 Å². The van der Waals surface area contributed by atoms with E-state index in [0.717, 1.165) is 16.8 Å². The zero-order valence-corrected chi connectivity index (χ0v) is 13.8. The van der Waals surface area contributed by atoms with Crippen molar-refractivity contribution in [3.8, 4) is 11.8 Å². The topological polar surface area (TPSA) is 57.4 Å². The molecular formula is C17H12ClN3OS. The van der Waals surface area contributed by atoms with Crippen molar-refractivity contribution < 1.29 is 4.74 Å². The number of rotatable bonds is 2. The molecule has 0 fully saturated rings. The average molecular weight is 342 g/mol. The van der Waals surface area contributed by atoms with Crippen molar-refractivity contribution >= 4 is 40.2 Å². The standard InChI is InChI=1S/C17H12ClN3OS/c1-22-15-7-14-12(6-10(15)8-19)17(20-9-16(23)21-14)11-4-2-3-5-13(11)18/h2-7H,9H2,1H3,(H,21,23). The van der Waals surface area contributed by atoms with E-state index in [1.165, 1.54) is 7.11 Å². The van der Waals surface area contributed by atoms with Crippen LogP contribution in [-0.4, -0.2) is 24.4 Å². The van der Waals surface area contributed by atoms with Crippen molar-refractivity contribution in [2.45, 2.75) is 0 Å². The summed E-state index contributed by atoms with van der Waals surface area (Å²) in [5.74, 6) is 0.488. The summed E-state index contributed by atoms with van der Waals surface area (Å²) in [5.41, 5.74) is 3.46. The normalized spacial score (nSPS) is 13.3. The Balaban J connectivity index is 2.26. The first-order chi connectivity index (χ1) is 11.1. The third-order valence-corrected chi connectivity index (χ3v) is 4.06. The van der Waals surface area contributed by atoms with E-state index < -0.39 is 0 Å². The molecule has 6 heteroatoms. The van der Waals surface area contributed by atoms with Crippen molar-refractivity contribution in [1.29, 1.82) is 5.26 Å². The highest BCUT2D eigenvalue weighted by Crippen LogP contribution is 2.32. The van der Waals surface area contributed by atoms with Crippen LogP contribution < -0.4 is 10.1 Å². The Labute approximate surface area is 144 Å². The molecule has 0 amide bonds. The van der Waals surface area contributed by atoms with Gasteiger partial charge >= 0.3 is 0 Å². The lowest BCUT2D eigenvalue weighted by Crippen LogP contribution is -2.11. The molecule has 0 atom stereocenters. The summed E-state index contributed by atoms with van der Waals surface area (Å²) in [6, 6.07) is 13.1. The molecule has 2 aromatic rings. The van der Waals surface area contributed by atoms with Crippen molar-refractivity contribution in [2.75, 3.05) is 19.0 Å². The third kappa shape index (κ3) is 2.91. The third-order valence-electron chi connectivity index (χ3n) is 3.50. The van der Waals surface area contributed by atoms with Crippen molar-refractivity contribution in [2.24, 2.45) is 4.99 Å². The fourth-order valence-electron chi connectivity index (χ4n) is 2.44. The molecular weight excluding hydrogens is 330 g/mol. The second-order valence-electron chi connectivity index (χ2n) is 4.90. The molecule has 114 valence electrons. The van der Waals surface area contributed by atoms with Crippen molar-refractivity contribution in [3.63, 3.8) is 0 Å². The number of hydrogen-bond acceptors (Lipinski definition) is 4. The fraction of sp³-hybridized carbons (Fsp3) is 0.118. The Kier molecular flexibility index (Phi) is 4.28. The first-order valence-electron chi connectivity index (χ1n) is 6.85. The zero-order chi connectivity index (χ0) is 16.4. The first-order valence-corrected chi connectivity index (χ1v) is 7.64. The van der Waals surface area contributed by atoms with E-state index in [1.807, 2.05) is 24.3 Å². The number of nitrogens with zero attached hydrogens (tertiary/aromatic N) is 2. The lowest BCUT2D eigenvalue weighted by molar-refractivity contribution is 0.413. The van der Waals surface area contributed by atoms with E-state index >= 15 is 0 Å². The second kappa shape index (κ2) is 6.37. The minimum Gasteiger partial charge on any atom is -0.495 e. The van der Waals surface area contributed by atoms with Crippen LogP contribution >= 0.6 is 23.8 Å². The van der Waals surface area contributed by atoms with Gasteiger partial charge in [-0.1, -0.05) is 42.0 Å². The maximum Gasteiger partial charge on any atom is 0.138 e. The van der Waals surface area contributed by atoms with E-state index in [1.54, 1.807) is 12.1 Å². The van der Waals surface area contributed by atoms with Gasteiger partial charge < -0.3 is 10.1 Å². The Bertz CT molecular complexity index is 871. The molecule has 1 aliphatic heterocycles. The van der Waals surface area contributed by atoms with E-state index in [-0.39, 0.29) is 0 Å². The number of nitriles is 1. The lowest BCUT2D eigenvalue weighted by Gasteiger charge is -2.14. The lowest BCUT2D eigenvalue weighted by atomic mass is 9.98. The molecule has 0 aromatic heterocycles. The first kappa shape index (κ1) is 15.5. The van der Waals surface area contributed by atoms with Gasteiger partial charge in [0.25, 0.3) is 0 Å². The van der Waals surface area contributed by atoms with Gasteiger partial charge in [0.1, 0.15) is 16.8 Å². The van der Waals surface area contributed by atoms with Gasteiger partial charge in [0.05, 0.1) is 30.6 Å². The predicted octanol–water partition coefficient (Wildman–Crippen LogP) is 3.81. The van der Waals surface area contributed by atoms with Crippen LogP contribution in [0.15, 0.2) is 41.4 Å². The molecule has 0 saturated carbocycles. The molecule has 23 heavy (non-hydrogen) atoms. The van der Waals surface area contributed by atoms with Gasteiger partial charge in [0.15, 0.2) is 0 Å². The molecule has 0 radical (unpaired) electrons. The number of nitrogens with one attached hydrogen (secondary N) is 1. The number of fused-ring (bicyclic) bond motifs is 1. The summed E-state index contributed by atoms with van der Waals surface area (Å²) < 4.78 is 5.27. The molecule has 1 N–H and O–H groups in total. The Morgan fingerprint density at radius 2 is 2.09 bits per heavy atom. The van der Waals surface area contributed by atoms with Gasteiger partial charge in [-0.2, -0.15) is 5.26 Å². The number of benzene rings is 2. The molecule has 4 nitrogen and oxygen atoms in total. The molecule has 0 spiro atoms. The van der Waals surface area contributed by atoms with Gasteiger partial charge in [0.2, 0.25) is 0 Å². The summed E-state index contributed by atoms with van der Waals surface area (Å²) in [5, 5.41) is 13.1. The summed E-state index contributed by atoms with van der Waals surface area (Å²) in [4.78, 5) is 5.18. The van der Waals surface area contributed by atoms with E-state index in [2.05, 4.69) is 16.4 Å². The summed E-state index contributed by atoms with van der Waals surface area (Å²) in [7, 11) is 1.53. The van der Waals surface area contributed by atoms with E-state index in [9.17, 15) is 5.26 Å². The van der Waals surface area contributed by atoms with Crippen molar-refractivity contribution in [1.82, 2.24) is 0 Å². The second-order valence-corrected chi connectivity index (χ2v) is 5.80. The molecule has 2 aromatic carbocycles. The molecule has 1 heterocycles. The number of benzodiazepines with no additional fused rings is 1. The Morgan fingerprint density at radius 3 is 2.78 bits per heavy atom. The van der Waals surface area contributed by atoms with Gasteiger partial charge in [-0.3, -0.25) is 4.99 Å². The van der Waals surface area contributed by atoms with Gasteiger partial charge in [-0.25, -0.2) is 0 Å². The number of methoxy groups -OCH3 is 1. The maximum absolute atomic E-state index is 9.34. The SMILES string of the molecule is COc1cc2c(cc1C#N)C(c1ccccc1Cl)=NCC(=S)N2. The number of anilines is 1. The van der Waals surface area contributed by atoms with Crippen LogP contribution in [0.3, 0.4) is 0 Å². The van der Waals surface area contributed by atoms with Crippen LogP contribution in [0.5, 0.6) is 5.75 Å². The number of ether oxygens (including phenoxy) is 1.